The van der Waals surface area contributed by atoms with Crippen LogP contribution in [-0.2, 0) is 9.22 Å². The molecule has 1 rings (SSSR count). The zero-order chi connectivity index (χ0) is 15.6. The summed E-state index contributed by atoms with van der Waals surface area (Å²) in [7, 11) is -1.90. The summed E-state index contributed by atoms with van der Waals surface area (Å²) in [6.45, 7) is 15.0. The van der Waals surface area contributed by atoms with Crippen LogP contribution in [0.1, 0.15) is 41.0 Å². The first-order valence-corrected chi connectivity index (χ1v) is 12.5. The van der Waals surface area contributed by atoms with Gasteiger partial charge in [0.15, 0.2) is 14.1 Å². The number of Topliss-reactive ketones (excluding diaryl/α,β-unsaturated/α-hetero) is 1. The smallest absolute Gasteiger partial charge is 0.193 e. The molecule has 1 heterocycles. The lowest BCUT2D eigenvalue weighted by atomic mass is 10.0. The summed E-state index contributed by atoms with van der Waals surface area (Å²) >= 11 is 3.99. The summed E-state index contributed by atoms with van der Waals surface area (Å²) in [6, 6.07) is 0. The minimum absolute atomic E-state index is 0.146. The van der Waals surface area contributed by atoms with Crippen LogP contribution in [0.4, 0.5) is 0 Å². The van der Waals surface area contributed by atoms with Crippen molar-refractivity contribution >= 4 is 37.6 Å². The van der Waals surface area contributed by atoms with Crippen molar-refractivity contribution in [1.29, 1.82) is 0 Å². The topological polar surface area (TPSA) is 26.3 Å². The zero-order valence-electron chi connectivity index (χ0n) is 14.0. The molecule has 118 valence electrons. The summed E-state index contributed by atoms with van der Waals surface area (Å²) < 4.78 is 6.94. The van der Waals surface area contributed by atoms with Crippen molar-refractivity contribution in [2.75, 3.05) is 11.5 Å². The molecule has 1 saturated heterocycles. The van der Waals surface area contributed by atoms with E-state index in [1.165, 1.54) is 17.9 Å². The molecule has 1 aliphatic heterocycles. The van der Waals surface area contributed by atoms with Gasteiger partial charge in [-0.1, -0.05) is 27.7 Å². The summed E-state index contributed by atoms with van der Waals surface area (Å²) in [5, 5.41) is 0.146. The van der Waals surface area contributed by atoms with Crippen LogP contribution in [0.15, 0.2) is 0 Å². The first-order valence-electron chi connectivity index (χ1n) is 7.48. The van der Waals surface area contributed by atoms with Gasteiger partial charge in [0.2, 0.25) is 0 Å². The lowest BCUT2D eigenvalue weighted by Crippen LogP contribution is -2.49. The van der Waals surface area contributed by atoms with E-state index in [1.807, 2.05) is 23.5 Å². The molecule has 0 aromatic rings. The summed E-state index contributed by atoms with van der Waals surface area (Å²) in [6.07, 6.45) is 1.05. The fourth-order valence-corrected chi connectivity index (χ4v) is 6.50. The quantitative estimate of drug-likeness (QED) is 0.675. The van der Waals surface area contributed by atoms with Crippen molar-refractivity contribution in [3.63, 3.8) is 0 Å². The van der Waals surface area contributed by atoms with Crippen molar-refractivity contribution < 1.29 is 9.22 Å². The van der Waals surface area contributed by atoms with Crippen LogP contribution in [0.2, 0.25) is 18.1 Å². The van der Waals surface area contributed by atoms with Gasteiger partial charge >= 0.3 is 0 Å². The number of rotatable bonds is 5. The molecular formula is C15H30O2S2Si. The molecule has 0 unspecified atom stereocenters. The number of hydrogen-bond donors (Lipinski definition) is 0. The van der Waals surface area contributed by atoms with Gasteiger partial charge in [0.25, 0.3) is 0 Å². The normalized spacial score (nSPS) is 21.6. The van der Waals surface area contributed by atoms with Crippen LogP contribution in [0.25, 0.3) is 0 Å². The van der Waals surface area contributed by atoms with E-state index in [-0.39, 0.29) is 22.8 Å². The summed E-state index contributed by atoms with van der Waals surface area (Å²) in [4.78, 5) is 12.1. The molecule has 2 nitrogen and oxygen atoms in total. The fourth-order valence-electron chi connectivity index (χ4n) is 2.01. The van der Waals surface area contributed by atoms with Crippen molar-refractivity contribution in [3.05, 3.63) is 0 Å². The maximum absolute atomic E-state index is 12.1. The van der Waals surface area contributed by atoms with E-state index in [0.717, 1.165) is 0 Å². The molecule has 0 spiro atoms. The molecule has 0 radical (unpaired) electrons. The van der Waals surface area contributed by atoms with E-state index in [4.69, 9.17) is 4.43 Å². The second-order valence-corrected chi connectivity index (χ2v) is 14.8. The van der Waals surface area contributed by atoms with Gasteiger partial charge in [0, 0.05) is 5.92 Å². The highest BCUT2D eigenvalue weighted by Gasteiger charge is 2.42. The molecule has 0 aliphatic carbocycles. The third-order valence-corrected chi connectivity index (χ3v) is 12.2. The average Bonchev–Trinajstić information content (AvgIpc) is 2.34. The molecular weight excluding hydrogens is 304 g/mol. The molecule has 5 heteroatoms. The van der Waals surface area contributed by atoms with E-state index >= 15 is 0 Å². The van der Waals surface area contributed by atoms with Crippen molar-refractivity contribution in [1.82, 2.24) is 0 Å². The summed E-state index contributed by atoms with van der Waals surface area (Å²) in [5.74, 6) is 2.91. The Hall–Kier alpha value is 0.547. The van der Waals surface area contributed by atoms with E-state index in [1.54, 1.807) is 6.92 Å². The van der Waals surface area contributed by atoms with Crippen LogP contribution in [0.5, 0.6) is 0 Å². The van der Waals surface area contributed by atoms with E-state index in [2.05, 4.69) is 40.8 Å². The third kappa shape index (κ3) is 4.78. The van der Waals surface area contributed by atoms with Gasteiger partial charge < -0.3 is 4.43 Å². The minimum atomic E-state index is -1.90. The Morgan fingerprint density at radius 3 is 2.15 bits per heavy atom. The highest BCUT2D eigenvalue weighted by Crippen LogP contribution is 2.42. The first-order chi connectivity index (χ1) is 9.06. The van der Waals surface area contributed by atoms with Crippen LogP contribution in [-0.4, -0.2) is 36.3 Å². The monoisotopic (exact) mass is 334 g/mol. The van der Waals surface area contributed by atoms with E-state index in [0.29, 0.717) is 4.58 Å². The highest BCUT2D eigenvalue weighted by atomic mass is 32.2. The van der Waals surface area contributed by atoms with Gasteiger partial charge in [-0.25, -0.2) is 0 Å². The molecule has 0 amide bonds. The molecule has 0 aromatic heterocycles. The number of hydrogen-bond acceptors (Lipinski definition) is 4. The van der Waals surface area contributed by atoms with Gasteiger partial charge in [0.1, 0.15) is 6.10 Å². The number of ketones is 1. The van der Waals surface area contributed by atoms with Crippen LogP contribution >= 0.6 is 23.5 Å². The number of carbonyl (C=O) groups is 1. The maximum atomic E-state index is 12.1. The average molecular weight is 335 g/mol. The van der Waals surface area contributed by atoms with Gasteiger partial charge in [-0.15, -0.1) is 23.5 Å². The van der Waals surface area contributed by atoms with Crippen LogP contribution < -0.4 is 0 Å². The molecule has 1 fully saturated rings. The SMILES string of the molecule is CC(=O)[C@H](O[Si](C)(C)C(C)(C)C)[C@H](C)C1SCCCS1. The predicted octanol–water partition coefficient (Wildman–Crippen LogP) is 4.80. The fraction of sp³-hybridized carbons (Fsp3) is 0.933. The van der Waals surface area contributed by atoms with Crippen molar-refractivity contribution in [3.8, 4) is 0 Å². The number of thioether (sulfide) groups is 2. The van der Waals surface area contributed by atoms with E-state index < -0.39 is 8.32 Å². The molecule has 0 saturated carbocycles. The standard InChI is InChI=1S/C15H30O2S2Si/c1-11(14-18-9-8-10-19-14)13(12(2)16)17-20(6,7)15(3,4)5/h11,13-14H,8-10H2,1-7H3/t11-,13+/m0/s1. The molecule has 1 aliphatic rings. The predicted molar refractivity (Wildman–Crippen MR) is 95.2 cm³/mol. The molecule has 0 bridgehead atoms. The molecule has 0 aromatic carbocycles. The van der Waals surface area contributed by atoms with Crippen molar-refractivity contribution in [2.24, 2.45) is 5.92 Å². The first kappa shape index (κ1) is 18.6. The number of carbonyl (C=O) groups excluding carboxylic acids is 1. The van der Waals surface area contributed by atoms with Crippen LogP contribution in [0, 0.1) is 5.92 Å². The van der Waals surface area contributed by atoms with Gasteiger partial charge in [-0.2, -0.15) is 0 Å². The highest BCUT2D eigenvalue weighted by molar-refractivity contribution is 8.17. The largest absolute Gasteiger partial charge is 0.407 e. The molecule has 20 heavy (non-hydrogen) atoms. The second-order valence-electron chi connectivity index (χ2n) is 7.23. The van der Waals surface area contributed by atoms with Gasteiger partial charge in [-0.3, -0.25) is 4.79 Å². The zero-order valence-corrected chi connectivity index (χ0v) is 16.6. The Bertz CT molecular complexity index is 333. The third-order valence-electron chi connectivity index (χ3n) is 4.39. The Morgan fingerprint density at radius 2 is 1.75 bits per heavy atom. The van der Waals surface area contributed by atoms with Crippen LogP contribution in [0.3, 0.4) is 0 Å². The molecule has 2 atom stereocenters. The minimum Gasteiger partial charge on any atom is -0.407 e. The van der Waals surface area contributed by atoms with Crippen molar-refractivity contribution in [2.45, 2.75) is 69.9 Å². The Balaban J connectivity index is 2.81. The summed E-state index contributed by atoms with van der Waals surface area (Å²) in [5.41, 5.74) is 0. The Morgan fingerprint density at radius 1 is 1.25 bits per heavy atom. The Kier molecular flexibility index (Phi) is 6.70. The Labute approximate surface area is 134 Å². The van der Waals surface area contributed by atoms with E-state index in [9.17, 15) is 4.79 Å². The van der Waals surface area contributed by atoms with Gasteiger partial charge in [-0.05, 0) is 43.0 Å². The lowest BCUT2D eigenvalue weighted by Gasteiger charge is -2.41. The maximum Gasteiger partial charge on any atom is 0.193 e. The molecule has 0 N–H and O–H groups in total. The van der Waals surface area contributed by atoms with Gasteiger partial charge in [0.05, 0.1) is 4.58 Å². The lowest BCUT2D eigenvalue weighted by molar-refractivity contribution is -0.126. The second kappa shape index (κ2) is 7.21.